The summed E-state index contributed by atoms with van der Waals surface area (Å²) in [4.78, 5) is 21.4. The second-order valence-electron chi connectivity index (χ2n) is 10.7. The summed E-state index contributed by atoms with van der Waals surface area (Å²) in [5, 5.41) is 2.88. The molecular weight excluding hydrogens is 493 g/mol. The smallest absolute Gasteiger partial charge is 0.464 e. The highest BCUT2D eigenvalue weighted by Gasteiger charge is 2.52. The van der Waals surface area contributed by atoms with Gasteiger partial charge in [-0.25, -0.2) is 14.8 Å². The van der Waals surface area contributed by atoms with Crippen LogP contribution in [0.4, 0.5) is 4.79 Å². The molecule has 39 heavy (non-hydrogen) atoms. The average Bonchev–Trinajstić information content (AvgIpc) is 3.35. The monoisotopic (exact) mass is 527 g/mol. The number of amides is 1. The molecule has 0 spiro atoms. The topological polar surface area (TPSA) is 91.8 Å². The summed E-state index contributed by atoms with van der Waals surface area (Å²) in [6.45, 7) is 10.7. The van der Waals surface area contributed by atoms with Crippen molar-refractivity contribution in [3.63, 3.8) is 0 Å². The number of hydrogen-bond acceptors (Lipinski definition) is 7. The minimum Gasteiger partial charge on any atom is -0.464 e. The van der Waals surface area contributed by atoms with Gasteiger partial charge in [-0.05, 0) is 62.3 Å². The van der Waals surface area contributed by atoms with Crippen molar-refractivity contribution in [1.29, 1.82) is 0 Å². The minimum absolute atomic E-state index is 0.0118. The number of fused-ring (bicyclic) bond motifs is 3. The Morgan fingerprint density at radius 2 is 1.54 bits per heavy atom. The van der Waals surface area contributed by atoms with E-state index >= 15 is 0 Å². The highest BCUT2D eigenvalue weighted by Crippen LogP contribution is 2.44. The molecule has 2 heterocycles. The second-order valence-corrected chi connectivity index (χ2v) is 10.7. The van der Waals surface area contributed by atoms with Crippen molar-refractivity contribution in [2.75, 3.05) is 19.8 Å². The molecule has 5 rings (SSSR count). The summed E-state index contributed by atoms with van der Waals surface area (Å²) in [6, 6.07) is 16.8. The van der Waals surface area contributed by atoms with E-state index in [1.165, 1.54) is 22.3 Å². The number of ether oxygens (including phenoxy) is 2. The molecular formula is C30H34BN3O5. The molecule has 202 valence electrons. The Morgan fingerprint density at radius 1 is 0.974 bits per heavy atom. The summed E-state index contributed by atoms with van der Waals surface area (Å²) < 4.78 is 23.6. The van der Waals surface area contributed by atoms with Crippen molar-refractivity contribution in [2.45, 2.75) is 51.7 Å². The lowest BCUT2D eigenvalue weighted by Crippen LogP contribution is -2.41. The van der Waals surface area contributed by atoms with E-state index in [4.69, 9.17) is 18.8 Å². The third-order valence-corrected chi connectivity index (χ3v) is 7.61. The summed E-state index contributed by atoms with van der Waals surface area (Å²) in [6.07, 6.45) is 4.68. The van der Waals surface area contributed by atoms with Gasteiger partial charge in [0.05, 0.1) is 17.8 Å². The predicted octanol–water partition coefficient (Wildman–Crippen LogP) is 5.43. The Labute approximate surface area is 229 Å². The average molecular weight is 527 g/mol. The zero-order valence-corrected chi connectivity index (χ0v) is 23.1. The molecule has 1 amide bonds. The molecule has 1 aromatic heterocycles. The number of nitrogens with zero attached hydrogens (tertiary/aromatic N) is 2. The van der Waals surface area contributed by atoms with E-state index in [1.54, 1.807) is 12.4 Å². The molecule has 8 nitrogen and oxygen atoms in total. The van der Waals surface area contributed by atoms with Crippen LogP contribution < -0.4 is 10.1 Å². The van der Waals surface area contributed by atoms with Gasteiger partial charge in [-0.15, -0.1) is 0 Å². The lowest BCUT2D eigenvalue weighted by molar-refractivity contribution is 0.00578. The van der Waals surface area contributed by atoms with Crippen LogP contribution in [0.3, 0.4) is 0 Å². The third kappa shape index (κ3) is 5.56. The normalized spacial score (nSPS) is 17.5. The van der Waals surface area contributed by atoms with E-state index < -0.39 is 24.4 Å². The summed E-state index contributed by atoms with van der Waals surface area (Å²) in [7, 11) is -0.657. The molecule has 0 radical (unpaired) electrons. The number of carbonyl (C=O) groups is 1. The summed E-state index contributed by atoms with van der Waals surface area (Å²) >= 11 is 0. The number of rotatable bonds is 8. The van der Waals surface area contributed by atoms with Gasteiger partial charge in [-0.3, -0.25) is 0 Å². The molecule has 1 aliphatic heterocycles. The highest BCUT2D eigenvalue weighted by atomic mass is 16.7. The van der Waals surface area contributed by atoms with E-state index in [9.17, 15) is 4.79 Å². The van der Waals surface area contributed by atoms with Crippen molar-refractivity contribution in [2.24, 2.45) is 0 Å². The molecule has 2 aliphatic rings. The van der Waals surface area contributed by atoms with Crippen LogP contribution in [0.25, 0.3) is 17.2 Å². The van der Waals surface area contributed by atoms with Crippen LogP contribution in [0.1, 0.15) is 57.2 Å². The van der Waals surface area contributed by atoms with E-state index in [2.05, 4.69) is 39.6 Å². The number of nitrogens with one attached hydrogen (secondary N) is 1. The first-order valence-corrected chi connectivity index (χ1v) is 13.3. The molecule has 9 heteroatoms. The molecule has 1 N–H and O–H groups in total. The maximum absolute atomic E-state index is 12.9. The number of benzene rings is 2. The van der Waals surface area contributed by atoms with Gasteiger partial charge in [-0.2, -0.15) is 0 Å². The molecule has 0 unspecified atom stereocenters. The van der Waals surface area contributed by atoms with Gasteiger partial charge in [-0.1, -0.05) is 54.6 Å². The molecule has 1 saturated heterocycles. The minimum atomic E-state index is -0.657. The van der Waals surface area contributed by atoms with Gasteiger partial charge in [0.25, 0.3) is 0 Å². The molecule has 2 aromatic carbocycles. The zero-order valence-electron chi connectivity index (χ0n) is 23.1. The van der Waals surface area contributed by atoms with Gasteiger partial charge >= 0.3 is 19.2 Å². The van der Waals surface area contributed by atoms with Crippen LogP contribution >= 0.6 is 0 Å². The van der Waals surface area contributed by atoms with Gasteiger partial charge in [0.2, 0.25) is 0 Å². The Balaban J connectivity index is 1.29. The van der Waals surface area contributed by atoms with Crippen LogP contribution in [0.15, 0.2) is 66.4 Å². The van der Waals surface area contributed by atoms with Crippen LogP contribution in [0.5, 0.6) is 6.01 Å². The maximum atomic E-state index is 12.9. The lowest BCUT2D eigenvalue weighted by atomic mass is 9.77. The fraction of sp³-hybridized carbons (Fsp3) is 0.367. The fourth-order valence-electron chi connectivity index (χ4n) is 4.84. The zero-order chi connectivity index (χ0) is 27.6. The first kappa shape index (κ1) is 26.9. The number of aromatic nitrogens is 2. The van der Waals surface area contributed by atoms with Crippen LogP contribution in [-0.4, -0.2) is 54.1 Å². The molecule has 1 fully saturated rings. The lowest BCUT2D eigenvalue weighted by Gasteiger charge is -2.32. The Bertz CT molecular complexity index is 1310. The van der Waals surface area contributed by atoms with E-state index in [0.717, 1.165) is 11.0 Å². The molecule has 1 aliphatic carbocycles. The number of carbonyl (C=O) groups excluding carboxylic acids is 1. The van der Waals surface area contributed by atoms with E-state index in [1.807, 2.05) is 65.0 Å². The first-order chi connectivity index (χ1) is 18.7. The first-order valence-electron chi connectivity index (χ1n) is 13.3. The van der Waals surface area contributed by atoms with Crippen molar-refractivity contribution in [3.05, 3.63) is 83.1 Å². The van der Waals surface area contributed by atoms with Crippen molar-refractivity contribution < 1.29 is 23.6 Å². The van der Waals surface area contributed by atoms with Gasteiger partial charge in [0.1, 0.15) is 6.61 Å². The van der Waals surface area contributed by atoms with Gasteiger partial charge < -0.3 is 24.1 Å². The SMILES string of the molecule is CCOc1ncc(C=C(CNC(=O)OCC2c3ccccc3-c3ccccc32)B2OC(C)(C)C(C)(C)O2)cn1. The van der Waals surface area contributed by atoms with E-state index in [0.29, 0.717) is 12.6 Å². The molecule has 0 atom stereocenters. The number of hydrogen-bond donors (Lipinski definition) is 1. The van der Waals surface area contributed by atoms with Crippen LogP contribution in [0.2, 0.25) is 0 Å². The van der Waals surface area contributed by atoms with Gasteiger partial charge in [0, 0.05) is 30.4 Å². The largest absolute Gasteiger partial charge is 0.492 e. The van der Waals surface area contributed by atoms with Crippen molar-refractivity contribution in [3.8, 4) is 17.1 Å². The van der Waals surface area contributed by atoms with Crippen LogP contribution in [-0.2, 0) is 14.0 Å². The van der Waals surface area contributed by atoms with Crippen molar-refractivity contribution >= 4 is 19.3 Å². The molecule has 0 bridgehead atoms. The Kier molecular flexibility index (Phi) is 7.47. The molecule has 0 saturated carbocycles. The van der Waals surface area contributed by atoms with Crippen molar-refractivity contribution in [1.82, 2.24) is 15.3 Å². The van der Waals surface area contributed by atoms with E-state index in [-0.39, 0.29) is 19.1 Å². The number of alkyl carbamates (subject to hydrolysis) is 1. The fourth-order valence-corrected chi connectivity index (χ4v) is 4.84. The quantitative estimate of drug-likeness (QED) is 0.391. The standard InChI is InChI=1S/C30H34BN3O5/c1-6-36-27-32-16-20(17-33-27)15-21(31-38-29(2,3)30(4,5)39-31)18-34-28(35)37-19-26-24-13-9-7-11-22(24)23-12-8-10-14-25(23)26/h7-17,26H,6,18-19H2,1-5H3,(H,34,35). The third-order valence-electron chi connectivity index (χ3n) is 7.61. The second kappa shape index (κ2) is 10.8. The predicted molar refractivity (Wildman–Crippen MR) is 150 cm³/mol. The van der Waals surface area contributed by atoms with Gasteiger partial charge in [0.15, 0.2) is 0 Å². The molecule has 3 aromatic rings. The Morgan fingerprint density at radius 3 is 2.10 bits per heavy atom. The Hall–Kier alpha value is -3.69. The summed E-state index contributed by atoms with van der Waals surface area (Å²) in [5.41, 5.74) is 5.09. The van der Waals surface area contributed by atoms with Crippen LogP contribution in [0, 0.1) is 0 Å². The highest BCUT2D eigenvalue weighted by molar-refractivity contribution is 6.56. The summed E-state index contributed by atoms with van der Waals surface area (Å²) in [5.74, 6) is -0.0118. The maximum Gasteiger partial charge on any atom is 0.492 e.